The molecule has 1 fully saturated rings. The summed E-state index contributed by atoms with van der Waals surface area (Å²) in [5, 5.41) is 4.54. The number of aromatic nitrogens is 2. The Kier molecular flexibility index (Phi) is 3.68. The molecular weight excluding hydrogens is 267 g/mol. The lowest BCUT2D eigenvalue weighted by atomic mass is 10.1. The molecule has 0 saturated carbocycles. The number of anilines is 1. The molecule has 4 nitrogen and oxygen atoms in total. The van der Waals surface area contributed by atoms with Crippen molar-refractivity contribution in [2.24, 2.45) is 5.73 Å². The lowest BCUT2D eigenvalue weighted by molar-refractivity contribution is 0.500. The van der Waals surface area contributed by atoms with E-state index in [2.05, 4.69) is 10.00 Å². The van der Waals surface area contributed by atoms with Crippen LogP contribution in [-0.2, 0) is 0 Å². The first-order valence-corrected chi connectivity index (χ1v) is 7.39. The van der Waals surface area contributed by atoms with Gasteiger partial charge < -0.3 is 10.6 Å². The third-order valence-electron chi connectivity index (χ3n) is 4.19. The number of hydrogen-bond donors (Lipinski definition) is 1. The minimum atomic E-state index is -0.254. The number of nitrogens with zero attached hydrogens (tertiary/aromatic N) is 3. The first-order valence-electron chi connectivity index (χ1n) is 7.39. The maximum Gasteiger partial charge on any atom is 0.148 e. The molecular formula is C16H21FN4. The van der Waals surface area contributed by atoms with Gasteiger partial charge in [-0.15, -0.1) is 0 Å². The predicted octanol–water partition coefficient (Wildman–Crippen LogP) is 2.56. The molecule has 0 atom stereocenters. The predicted molar refractivity (Wildman–Crippen MR) is 82.4 cm³/mol. The Balaban J connectivity index is 1.99. The molecule has 1 aliphatic rings. The van der Waals surface area contributed by atoms with Crippen molar-refractivity contribution in [3.05, 3.63) is 41.5 Å². The van der Waals surface area contributed by atoms with Gasteiger partial charge in [-0.3, -0.25) is 0 Å². The van der Waals surface area contributed by atoms with Crippen LogP contribution < -0.4 is 10.6 Å². The molecule has 1 aliphatic heterocycles. The molecule has 0 radical (unpaired) electrons. The number of nitrogens with two attached hydrogens (primary N) is 1. The van der Waals surface area contributed by atoms with Crippen LogP contribution in [0.2, 0.25) is 0 Å². The summed E-state index contributed by atoms with van der Waals surface area (Å²) in [6.07, 6.45) is 1.98. The third kappa shape index (κ3) is 2.53. The zero-order chi connectivity index (χ0) is 15.0. The molecule has 0 unspecified atom stereocenters. The number of piperidine rings is 1. The van der Waals surface area contributed by atoms with Crippen LogP contribution >= 0.6 is 0 Å². The van der Waals surface area contributed by atoms with Crippen LogP contribution in [0.15, 0.2) is 24.3 Å². The number of hydrogen-bond acceptors (Lipinski definition) is 3. The van der Waals surface area contributed by atoms with Crippen LogP contribution in [0.3, 0.4) is 0 Å². The minimum absolute atomic E-state index is 0.254. The molecule has 112 valence electrons. The average Bonchev–Trinajstić information content (AvgIpc) is 2.76. The van der Waals surface area contributed by atoms with Crippen molar-refractivity contribution >= 4 is 5.69 Å². The SMILES string of the molecule is Cc1nn(-c2ccccc2F)c(C)c1N1CCC(N)CC1. The fourth-order valence-electron chi connectivity index (χ4n) is 3.07. The van der Waals surface area contributed by atoms with Crippen molar-refractivity contribution in [1.29, 1.82) is 0 Å². The highest BCUT2D eigenvalue weighted by Gasteiger charge is 2.23. The van der Waals surface area contributed by atoms with E-state index in [1.54, 1.807) is 16.8 Å². The van der Waals surface area contributed by atoms with Gasteiger partial charge in [0.2, 0.25) is 0 Å². The van der Waals surface area contributed by atoms with Gasteiger partial charge in [0.15, 0.2) is 0 Å². The highest BCUT2D eigenvalue weighted by Crippen LogP contribution is 2.29. The summed E-state index contributed by atoms with van der Waals surface area (Å²) in [4.78, 5) is 2.32. The van der Waals surface area contributed by atoms with Gasteiger partial charge in [0, 0.05) is 19.1 Å². The summed E-state index contributed by atoms with van der Waals surface area (Å²) in [7, 11) is 0. The molecule has 2 aromatic rings. The maximum atomic E-state index is 14.0. The molecule has 2 N–H and O–H groups in total. The molecule has 0 aliphatic carbocycles. The minimum Gasteiger partial charge on any atom is -0.368 e. The lowest BCUT2D eigenvalue weighted by Gasteiger charge is -2.32. The largest absolute Gasteiger partial charge is 0.368 e. The highest BCUT2D eigenvalue weighted by molar-refractivity contribution is 5.57. The van der Waals surface area contributed by atoms with Crippen molar-refractivity contribution < 1.29 is 4.39 Å². The van der Waals surface area contributed by atoms with Gasteiger partial charge >= 0.3 is 0 Å². The second-order valence-electron chi connectivity index (χ2n) is 5.71. The molecule has 21 heavy (non-hydrogen) atoms. The van der Waals surface area contributed by atoms with Gasteiger partial charge in [0.1, 0.15) is 11.5 Å². The van der Waals surface area contributed by atoms with E-state index in [9.17, 15) is 4.39 Å². The normalized spacial score (nSPS) is 16.5. The summed E-state index contributed by atoms with van der Waals surface area (Å²) < 4.78 is 15.7. The fraction of sp³-hybridized carbons (Fsp3) is 0.438. The monoisotopic (exact) mass is 288 g/mol. The Morgan fingerprint density at radius 3 is 2.52 bits per heavy atom. The van der Waals surface area contributed by atoms with Gasteiger partial charge in [-0.05, 0) is 38.8 Å². The van der Waals surface area contributed by atoms with Crippen LogP contribution in [0.4, 0.5) is 10.1 Å². The number of benzene rings is 1. The lowest BCUT2D eigenvalue weighted by Crippen LogP contribution is -2.40. The van der Waals surface area contributed by atoms with Crippen LogP contribution in [0.1, 0.15) is 24.2 Å². The zero-order valence-electron chi connectivity index (χ0n) is 12.5. The van der Waals surface area contributed by atoms with E-state index in [-0.39, 0.29) is 5.82 Å². The Bertz CT molecular complexity index is 642. The zero-order valence-corrected chi connectivity index (χ0v) is 12.5. The van der Waals surface area contributed by atoms with E-state index < -0.39 is 0 Å². The van der Waals surface area contributed by atoms with Gasteiger partial charge in [0.25, 0.3) is 0 Å². The first-order chi connectivity index (χ1) is 10.1. The molecule has 0 bridgehead atoms. The smallest absolute Gasteiger partial charge is 0.148 e. The summed E-state index contributed by atoms with van der Waals surface area (Å²) >= 11 is 0. The Hall–Kier alpha value is -1.88. The van der Waals surface area contributed by atoms with Crippen molar-refractivity contribution in [3.63, 3.8) is 0 Å². The Morgan fingerprint density at radius 2 is 1.86 bits per heavy atom. The van der Waals surface area contributed by atoms with E-state index in [0.29, 0.717) is 11.7 Å². The topological polar surface area (TPSA) is 47.1 Å². The van der Waals surface area contributed by atoms with Crippen molar-refractivity contribution in [1.82, 2.24) is 9.78 Å². The molecule has 5 heteroatoms. The van der Waals surface area contributed by atoms with Crippen LogP contribution in [0.25, 0.3) is 5.69 Å². The van der Waals surface area contributed by atoms with Crippen LogP contribution in [0, 0.1) is 19.7 Å². The van der Waals surface area contributed by atoms with Gasteiger partial charge in [0.05, 0.1) is 17.1 Å². The Labute approximate surface area is 124 Å². The first kappa shape index (κ1) is 14.1. The summed E-state index contributed by atoms with van der Waals surface area (Å²) in [5.41, 5.74) is 9.50. The van der Waals surface area contributed by atoms with Crippen molar-refractivity contribution in [3.8, 4) is 5.69 Å². The standard InChI is InChI=1S/C16H21FN4/c1-11-16(20-9-7-13(18)8-10-20)12(2)21(19-11)15-6-4-3-5-14(15)17/h3-6,13H,7-10,18H2,1-2H3. The van der Waals surface area contributed by atoms with E-state index in [4.69, 9.17) is 5.73 Å². The van der Waals surface area contributed by atoms with E-state index in [0.717, 1.165) is 43.0 Å². The molecule has 0 spiro atoms. The molecule has 2 heterocycles. The molecule has 1 aromatic carbocycles. The second-order valence-corrected chi connectivity index (χ2v) is 5.71. The number of aryl methyl sites for hydroxylation is 1. The number of rotatable bonds is 2. The summed E-state index contributed by atoms with van der Waals surface area (Å²) in [6, 6.07) is 7.03. The van der Waals surface area contributed by atoms with Gasteiger partial charge in [-0.2, -0.15) is 5.10 Å². The molecule has 1 saturated heterocycles. The Morgan fingerprint density at radius 1 is 1.19 bits per heavy atom. The molecule has 0 amide bonds. The summed E-state index contributed by atoms with van der Waals surface area (Å²) in [6.45, 7) is 5.85. The van der Waals surface area contributed by atoms with Gasteiger partial charge in [-0.1, -0.05) is 12.1 Å². The van der Waals surface area contributed by atoms with E-state index in [1.165, 1.54) is 6.07 Å². The average molecular weight is 288 g/mol. The van der Waals surface area contributed by atoms with Crippen molar-refractivity contribution in [2.75, 3.05) is 18.0 Å². The number of halogens is 1. The number of para-hydroxylation sites is 1. The second kappa shape index (κ2) is 5.48. The van der Waals surface area contributed by atoms with Crippen molar-refractivity contribution in [2.45, 2.75) is 32.7 Å². The summed E-state index contributed by atoms with van der Waals surface area (Å²) in [5.74, 6) is -0.254. The molecule has 3 rings (SSSR count). The van der Waals surface area contributed by atoms with Gasteiger partial charge in [-0.25, -0.2) is 9.07 Å². The van der Waals surface area contributed by atoms with E-state index in [1.807, 2.05) is 19.9 Å². The fourth-order valence-corrected chi connectivity index (χ4v) is 3.07. The van der Waals surface area contributed by atoms with Crippen LogP contribution in [-0.4, -0.2) is 28.9 Å². The third-order valence-corrected chi connectivity index (χ3v) is 4.19. The maximum absolute atomic E-state index is 14.0. The van der Waals surface area contributed by atoms with E-state index >= 15 is 0 Å². The highest BCUT2D eigenvalue weighted by atomic mass is 19.1. The van der Waals surface area contributed by atoms with Crippen LogP contribution in [0.5, 0.6) is 0 Å². The molecule has 1 aromatic heterocycles. The quantitative estimate of drug-likeness (QED) is 0.924.